The molecule has 1 amide bonds. The second-order valence-electron chi connectivity index (χ2n) is 7.50. The van der Waals surface area contributed by atoms with Crippen LogP contribution >= 0.6 is 0 Å². The van der Waals surface area contributed by atoms with Crippen LogP contribution in [0.4, 0.5) is 0 Å². The van der Waals surface area contributed by atoms with Crippen LogP contribution in [0.15, 0.2) is 71.8 Å². The van der Waals surface area contributed by atoms with Gasteiger partial charge in [-0.1, -0.05) is 42.5 Å². The summed E-state index contributed by atoms with van der Waals surface area (Å²) in [6.07, 6.45) is -0.744. The van der Waals surface area contributed by atoms with Gasteiger partial charge in [0.15, 0.2) is 11.5 Å². The minimum atomic E-state index is -0.744. The third-order valence-corrected chi connectivity index (χ3v) is 5.27. The van der Waals surface area contributed by atoms with Crippen LogP contribution < -0.4 is 18.9 Å². The first-order chi connectivity index (χ1) is 16.5. The molecule has 8 heteroatoms. The van der Waals surface area contributed by atoms with Crippen molar-refractivity contribution < 1.29 is 28.5 Å². The molecule has 3 aromatic rings. The van der Waals surface area contributed by atoms with Gasteiger partial charge in [-0.2, -0.15) is 5.01 Å². The molecule has 1 aliphatic heterocycles. The van der Waals surface area contributed by atoms with Gasteiger partial charge in [0, 0.05) is 18.1 Å². The Balaban J connectivity index is 1.60. The molecule has 0 bridgehead atoms. The quantitative estimate of drug-likeness (QED) is 0.489. The molecule has 0 saturated carbocycles. The molecule has 0 aromatic heterocycles. The third kappa shape index (κ3) is 4.76. The minimum Gasteiger partial charge on any atom is -0.493 e. The van der Waals surface area contributed by atoms with Crippen molar-refractivity contribution in [1.82, 2.24) is 5.01 Å². The zero-order chi connectivity index (χ0) is 24.1. The topological polar surface area (TPSA) is 78.8 Å². The second kappa shape index (κ2) is 10.2. The lowest BCUT2D eigenvalue weighted by atomic mass is 10.1. The summed E-state index contributed by atoms with van der Waals surface area (Å²) >= 11 is 0. The number of carbonyl (C=O) groups is 1. The van der Waals surface area contributed by atoms with E-state index in [1.165, 1.54) is 33.3 Å². The first-order valence-electron chi connectivity index (χ1n) is 10.7. The standard InChI is InChI=1S/C26H26N2O6/c1-17(29)28-26(19-11-8-12-21(13-19)33-16-18-9-6-5-7-10-18)34-25(27-28)20-14-22(30-2)24(32-4)23(15-20)31-3/h5-15,26H,16H2,1-4H3/t26-/m0/s1. The molecule has 0 saturated heterocycles. The van der Waals surface area contributed by atoms with Gasteiger partial charge in [-0.25, -0.2) is 0 Å². The van der Waals surface area contributed by atoms with Crippen molar-refractivity contribution in [3.8, 4) is 23.0 Å². The van der Waals surface area contributed by atoms with Gasteiger partial charge < -0.3 is 23.7 Å². The van der Waals surface area contributed by atoms with E-state index in [1.54, 1.807) is 12.1 Å². The second-order valence-corrected chi connectivity index (χ2v) is 7.50. The summed E-state index contributed by atoms with van der Waals surface area (Å²) in [6.45, 7) is 1.87. The molecule has 0 N–H and O–H groups in total. The number of benzene rings is 3. The van der Waals surface area contributed by atoms with Crippen molar-refractivity contribution in [2.75, 3.05) is 21.3 Å². The van der Waals surface area contributed by atoms with Gasteiger partial charge in [0.25, 0.3) is 0 Å². The van der Waals surface area contributed by atoms with Crippen LogP contribution in [-0.2, 0) is 16.1 Å². The Kier molecular flexibility index (Phi) is 6.87. The Morgan fingerprint density at radius 3 is 2.26 bits per heavy atom. The van der Waals surface area contributed by atoms with Crippen molar-refractivity contribution in [3.63, 3.8) is 0 Å². The van der Waals surface area contributed by atoms with Crippen LogP contribution in [0.1, 0.15) is 29.8 Å². The van der Waals surface area contributed by atoms with Crippen LogP contribution in [0, 0.1) is 0 Å². The number of rotatable bonds is 8. The number of hydrazone groups is 1. The number of methoxy groups -OCH3 is 3. The summed E-state index contributed by atoms with van der Waals surface area (Å²) in [5.41, 5.74) is 2.37. The molecule has 8 nitrogen and oxygen atoms in total. The van der Waals surface area contributed by atoms with E-state index in [9.17, 15) is 4.79 Å². The maximum Gasteiger partial charge on any atom is 0.243 e. The summed E-state index contributed by atoms with van der Waals surface area (Å²) in [5.74, 6) is 2.03. The Morgan fingerprint density at radius 2 is 1.65 bits per heavy atom. The lowest BCUT2D eigenvalue weighted by molar-refractivity contribution is -0.135. The van der Waals surface area contributed by atoms with E-state index in [-0.39, 0.29) is 11.8 Å². The fourth-order valence-corrected chi connectivity index (χ4v) is 3.60. The SMILES string of the molecule is COc1cc(C2=NN(C(C)=O)[C@H](c3cccc(OCc4ccccc4)c3)O2)cc(OC)c1OC. The average molecular weight is 463 g/mol. The van der Waals surface area contributed by atoms with Crippen LogP contribution in [-0.4, -0.2) is 38.1 Å². The third-order valence-electron chi connectivity index (χ3n) is 5.27. The zero-order valence-corrected chi connectivity index (χ0v) is 19.5. The van der Waals surface area contributed by atoms with E-state index in [0.717, 1.165) is 11.1 Å². The number of ether oxygens (including phenoxy) is 5. The Labute approximate surface area is 198 Å². The average Bonchev–Trinajstić information content (AvgIpc) is 3.33. The van der Waals surface area contributed by atoms with Gasteiger partial charge in [-0.3, -0.25) is 4.79 Å². The highest BCUT2D eigenvalue weighted by Gasteiger charge is 2.34. The van der Waals surface area contributed by atoms with E-state index in [4.69, 9.17) is 23.7 Å². The Morgan fingerprint density at radius 1 is 0.941 bits per heavy atom. The lowest BCUT2D eigenvalue weighted by Gasteiger charge is -2.20. The molecule has 1 heterocycles. The molecule has 0 fully saturated rings. The Hall–Kier alpha value is -4.20. The molecular weight excluding hydrogens is 436 g/mol. The molecule has 1 atom stereocenters. The summed E-state index contributed by atoms with van der Waals surface area (Å²) < 4.78 is 28.3. The van der Waals surface area contributed by atoms with Gasteiger partial charge in [-0.05, 0) is 29.8 Å². The van der Waals surface area contributed by atoms with Crippen molar-refractivity contribution in [2.24, 2.45) is 5.10 Å². The number of hydrogen-bond acceptors (Lipinski definition) is 7. The van der Waals surface area contributed by atoms with E-state index < -0.39 is 6.23 Å². The molecule has 0 aliphatic carbocycles. The van der Waals surface area contributed by atoms with Crippen molar-refractivity contribution >= 4 is 11.8 Å². The number of nitrogens with zero attached hydrogens (tertiary/aromatic N) is 2. The molecular formula is C26H26N2O6. The zero-order valence-electron chi connectivity index (χ0n) is 19.5. The summed E-state index contributed by atoms with van der Waals surface area (Å²) in [7, 11) is 4.60. The Bertz CT molecular complexity index is 1170. The molecule has 0 spiro atoms. The predicted molar refractivity (Wildman–Crippen MR) is 126 cm³/mol. The van der Waals surface area contributed by atoms with E-state index in [2.05, 4.69) is 5.10 Å². The van der Waals surface area contributed by atoms with E-state index in [1.807, 2.05) is 54.6 Å². The first-order valence-corrected chi connectivity index (χ1v) is 10.7. The summed E-state index contributed by atoms with van der Waals surface area (Å²) in [4.78, 5) is 12.4. The van der Waals surface area contributed by atoms with Crippen molar-refractivity contribution in [1.29, 1.82) is 0 Å². The smallest absolute Gasteiger partial charge is 0.243 e. The molecule has 0 unspecified atom stereocenters. The fourth-order valence-electron chi connectivity index (χ4n) is 3.60. The first kappa shape index (κ1) is 23.0. The summed E-state index contributed by atoms with van der Waals surface area (Å²) in [6, 6.07) is 20.8. The molecule has 1 aliphatic rings. The van der Waals surface area contributed by atoms with E-state index >= 15 is 0 Å². The molecule has 3 aromatic carbocycles. The largest absolute Gasteiger partial charge is 0.493 e. The predicted octanol–water partition coefficient (Wildman–Crippen LogP) is 4.53. The number of carbonyl (C=O) groups excluding carboxylic acids is 1. The van der Waals surface area contributed by atoms with Crippen molar-refractivity contribution in [3.05, 3.63) is 83.4 Å². The van der Waals surface area contributed by atoms with Gasteiger partial charge >= 0.3 is 0 Å². The number of hydrogen-bond donors (Lipinski definition) is 0. The lowest BCUT2D eigenvalue weighted by Crippen LogP contribution is -2.25. The molecule has 4 rings (SSSR count). The van der Waals surface area contributed by atoms with Crippen LogP contribution in [0.3, 0.4) is 0 Å². The molecule has 0 radical (unpaired) electrons. The highest BCUT2D eigenvalue weighted by molar-refractivity contribution is 5.97. The van der Waals surface area contributed by atoms with Crippen LogP contribution in [0.2, 0.25) is 0 Å². The minimum absolute atomic E-state index is 0.259. The highest BCUT2D eigenvalue weighted by Crippen LogP contribution is 2.40. The van der Waals surface area contributed by atoms with Gasteiger partial charge in [0.05, 0.1) is 21.3 Å². The molecule has 34 heavy (non-hydrogen) atoms. The van der Waals surface area contributed by atoms with E-state index in [0.29, 0.717) is 35.2 Å². The monoisotopic (exact) mass is 462 g/mol. The van der Waals surface area contributed by atoms with Crippen molar-refractivity contribution in [2.45, 2.75) is 19.8 Å². The maximum atomic E-state index is 12.4. The van der Waals surface area contributed by atoms with Crippen LogP contribution in [0.25, 0.3) is 0 Å². The fraction of sp³-hybridized carbons (Fsp3) is 0.231. The highest BCUT2D eigenvalue weighted by atomic mass is 16.5. The summed E-state index contributed by atoms with van der Waals surface area (Å²) in [5, 5.41) is 5.73. The number of amides is 1. The maximum absolute atomic E-state index is 12.4. The van der Waals surface area contributed by atoms with Gasteiger partial charge in [0.1, 0.15) is 12.4 Å². The van der Waals surface area contributed by atoms with Gasteiger partial charge in [0.2, 0.25) is 23.8 Å². The van der Waals surface area contributed by atoms with Crippen LogP contribution in [0.5, 0.6) is 23.0 Å². The normalized spacial score (nSPS) is 14.8. The van der Waals surface area contributed by atoms with Gasteiger partial charge in [-0.15, -0.1) is 5.10 Å². The molecule has 176 valence electrons.